The summed E-state index contributed by atoms with van der Waals surface area (Å²) in [5.74, 6) is 0.953. The van der Waals surface area contributed by atoms with Crippen molar-refractivity contribution in [3.8, 4) is 0 Å². The van der Waals surface area contributed by atoms with Crippen LogP contribution in [0.4, 0.5) is 0 Å². The molecule has 1 aliphatic rings. The third-order valence-corrected chi connectivity index (χ3v) is 4.88. The van der Waals surface area contributed by atoms with Gasteiger partial charge in [0.2, 0.25) is 0 Å². The van der Waals surface area contributed by atoms with Crippen LogP contribution in [0.25, 0.3) is 0 Å². The van der Waals surface area contributed by atoms with Crippen molar-refractivity contribution < 1.29 is 4.79 Å². The Kier molecular flexibility index (Phi) is 7.76. The number of hydrogen-bond acceptors (Lipinski definition) is 2. The molecule has 25 heavy (non-hydrogen) atoms. The lowest BCUT2D eigenvalue weighted by Gasteiger charge is -2.25. The second kappa shape index (κ2) is 10.1. The summed E-state index contributed by atoms with van der Waals surface area (Å²) in [6.07, 6.45) is 6.40. The van der Waals surface area contributed by atoms with Crippen molar-refractivity contribution in [2.45, 2.75) is 58.5 Å². The average Bonchev–Trinajstić information content (AvgIpc) is 2.67. The van der Waals surface area contributed by atoms with E-state index in [-0.39, 0.29) is 5.91 Å². The highest BCUT2D eigenvalue weighted by Gasteiger charge is 2.15. The van der Waals surface area contributed by atoms with Crippen LogP contribution in [0.2, 0.25) is 0 Å². The van der Waals surface area contributed by atoms with Crippen molar-refractivity contribution in [3.05, 3.63) is 35.4 Å². The Balaban J connectivity index is 1.86. The second-order valence-corrected chi connectivity index (χ2v) is 6.58. The summed E-state index contributed by atoms with van der Waals surface area (Å²) in [6, 6.07) is 8.38. The Morgan fingerprint density at radius 3 is 2.32 bits per heavy atom. The molecule has 0 radical (unpaired) electrons. The Morgan fingerprint density at radius 1 is 1.12 bits per heavy atom. The highest BCUT2D eigenvalue weighted by Crippen LogP contribution is 2.17. The minimum absolute atomic E-state index is 0.0966. The fourth-order valence-corrected chi connectivity index (χ4v) is 3.28. The Hall–Kier alpha value is -2.04. The number of nitrogens with one attached hydrogen (secondary N) is 2. The summed E-state index contributed by atoms with van der Waals surface area (Å²) < 4.78 is 0. The molecule has 1 fully saturated rings. The van der Waals surface area contributed by atoms with Crippen molar-refractivity contribution >= 4 is 11.9 Å². The van der Waals surface area contributed by atoms with Crippen molar-refractivity contribution in [3.63, 3.8) is 0 Å². The van der Waals surface area contributed by atoms with Crippen LogP contribution < -0.4 is 10.6 Å². The molecule has 0 aromatic heterocycles. The quantitative estimate of drug-likeness (QED) is 0.616. The van der Waals surface area contributed by atoms with Crippen molar-refractivity contribution in [2.24, 2.45) is 4.99 Å². The Bertz CT molecular complexity index is 558. The molecule has 2 N–H and O–H groups in total. The predicted molar refractivity (Wildman–Crippen MR) is 104 cm³/mol. The third-order valence-electron chi connectivity index (χ3n) is 4.88. The standard InChI is InChI=1S/C20H32N4O/c1-4-24(5-2)19(25)17-13-11-16(12-14-17)15-22-20(21-3)23-18-9-7-6-8-10-18/h11-14,18H,4-10,15H2,1-3H3,(H2,21,22,23). The van der Waals surface area contributed by atoms with Crippen LogP contribution in [0, 0.1) is 0 Å². The monoisotopic (exact) mass is 344 g/mol. The van der Waals surface area contributed by atoms with Gasteiger partial charge in [0.25, 0.3) is 5.91 Å². The van der Waals surface area contributed by atoms with Crippen molar-refractivity contribution in [1.82, 2.24) is 15.5 Å². The lowest BCUT2D eigenvalue weighted by molar-refractivity contribution is 0.0773. The summed E-state index contributed by atoms with van der Waals surface area (Å²) in [7, 11) is 1.81. The molecule has 0 atom stereocenters. The summed E-state index contributed by atoms with van der Waals surface area (Å²) >= 11 is 0. The van der Waals surface area contributed by atoms with Crippen molar-refractivity contribution in [1.29, 1.82) is 0 Å². The number of amides is 1. The summed E-state index contributed by atoms with van der Waals surface area (Å²) in [5.41, 5.74) is 1.89. The van der Waals surface area contributed by atoms with E-state index in [2.05, 4.69) is 15.6 Å². The highest BCUT2D eigenvalue weighted by molar-refractivity contribution is 5.94. The molecule has 138 valence electrons. The van der Waals surface area contributed by atoms with Gasteiger partial charge in [-0.2, -0.15) is 0 Å². The zero-order chi connectivity index (χ0) is 18.1. The summed E-state index contributed by atoms with van der Waals surface area (Å²) in [6.45, 7) is 6.19. The van der Waals surface area contributed by atoms with Crippen LogP contribution in [0.1, 0.15) is 61.9 Å². The number of rotatable bonds is 6. The van der Waals surface area contributed by atoms with Gasteiger partial charge < -0.3 is 15.5 Å². The molecule has 1 saturated carbocycles. The van der Waals surface area contributed by atoms with Crippen LogP contribution in [-0.4, -0.2) is 42.9 Å². The molecule has 5 nitrogen and oxygen atoms in total. The fraction of sp³-hybridized carbons (Fsp3) is 0.600. The number of hydrogen-bond donors (Lipinski definition) is 2. The number of aliphatic imine (C=N–C) groups is 1. The first kappa shape index (κ1) is 19.3. The van der Waals surface area contributed by atoms with Crippen LogP contribution in [0.3, 0.4) is 0 Å². The predicted octanol–water partition coefficient (Wildman–Crippen LogP) is 3.17. The smallest absolute Gasteiger partial charge is 0.253 e. The Labute approximate surface area is 151 Å². The summed E-state index contributed by atoms with van der Waals surface area (Å²) in [4.78, 5) is 18.5. The lowest BCUT2D eigenvalue weighted by Crippen LogP contribution is -2.43. The molecular weight excluding hydrogens is 312 g/mol. The van der Waals surface area contributed by atoms with E-state index in [1.54, 1.807) is 0 Å². The van der Waals surface area contributed by atoms with Crippen LogP contribution >= 0.6 is 0 Å². The number of guanidine groups is 1. The normalized spacial score (nSPS) is 15.7. The third kappa shape index (κ3) is 5.76. The molecule has 0 saturated heterocycles. The molecule has 1 aromatic carbocycles. The van der Waals surface area contributed by atoms with E-state index < -0.39 is 0 Å². The van der Waals surface area contributed by atoms with E-state index >= 15 is 0 Å². The van der Waals surface area contributed by atoms with E-state index in [4.69, 9.17) is 0 Å². The van der Waals surface area contributed by atoms with Gasteiger partial charge in [0, 0.05) is 38.3 Å². The zero-order valence-corrected chi connectivity index (χ0v) is 15.8. The minimum atomic E-state index is 0.0966. The minimum Gasteiger partial charge on any atom is -0.354 e. The largest absolute Gasteiger partial charge is 0.354 e. The van der Waals surface area contributed by atoms with Crippen LogP contribution in [0.15, 0.2) is 29.3 Å². The number of nitrogens with zero attached hydrogens (tertiary/aromatic N) is 2. The Morgan fingerprint density at radius 2 is 1.76 bits per heavy atom. The topological polar surface area (TPSA) is 56.7 Å². The summed E-state index contributed by atoms with van der Waals surface area (Å²) in [5, 5.41) is 6.88. The lowest BCUT2D eigenvalue weighted by atomic mass is 9.96. The van der Waals surface area contributed by atoms with Gasteiger partial charge in [0.15, 0.2) is 5.96 Å². The maximum atomic E-state index is 12.3. The molecule has 0 spiro atoms. The van der Waals surface area contributed by atoms with Gasteiger partial charge in [-0.3, -0.25) is 9.79 Å². The molecule has 1 aromatic rings. The van der Waals surface area contributed by atoms with E-state index in [0.29, 0.717) is 12.6 Å². The molecule has 0 bridgehead atoms. The van der Waals surface area contributed by atoms with Gasteiger partial charge in [0.05, 0.1) is 0 Å². The molecule has 5 heteroatoms. The van der Waals surface area contributed by atoms with Gasteiger partial charge in [-0.1, -0.05) is 31.4 Å². The van der Waals surface area contributed by atoms with Crippen molar-refractivity contribution in [2.75, 3.05) is 20.1 Å². The van der Waals surface area contributed by atoms with Crippen LogP contribution in [-0.2, 0) is 6.54 Å². The molecule has 1 aliphatic carbocycles. The first-order valence-corrected chi connectivity index (χ1v) is 9.53. The molecule has 1 amide bonds. The van der Waals surface area contributed by atoms with E-state index in [1.807, 2.05) is 50.1 Å². The molecular formula is C20H32N4O. The maximum Gasteiger partial charge on any atom is 0.253 e. The number of carbonyl (C=O) groups is 1. The number of benzene rings is 1. The van der Waals surface area contributed by atoms with Gasteiger partial charge >= 0.3 is 0 Å². The van der Waals surface area contributed by atoms with E-state index in [0.717, 1.165) is 30.2 Å². The zero-order valence-electron chi connectivity index (χ0n) is 15.8. The number of carbonyl (C=O) groups excluding carboxylic acids is 1. The molecule has 0 aliphatic heterocycles. The van der Waals surface area contributed by atoms with Gasteiger partial charge in [-0.15, -0.1) is 0 Å². The fourth-order valence-electron chi connectivity index (χ4n) is 3.28. The van der Waals surface area contributed by atoms with E-state index in [9.17, 15) is 4.79 Å². The maximum absolute atomic E-state index is 12.3. The van der Waals surface area contributed by atoms with Gasteiger partial charge in [-0.25, -0.2) is 0 Å². The molecule has 0 unspecified atom stereocenters. The molecule has 0 heterocycles. The highest BCUT2D eigenvalue weighted by atomic mass is 16.2. The first-order chi connectivity index (χ1) is 12.2. The van der Waals surface area contributed by atoms with E-state index in [1.165, 1.54) is 32.1 Å². The average molecular weight is 345 g/mol. The molecule has 2 rings (SSSR count). The first-order valence-electron chi connectivity index (χ1n) is 9.53. The van der Waals surface area contributed by atoms with Gasteiger partial charge in [-0.05, 0) is 44.4 Å². The van der Waals surface area contributed by atoms with Gasteiger partial charge in [0.1, 0.15) is 0 Å². The SMILES string of the molecule is CCN(CC)C(=O)c1ccc(CNC(=NC)NC2CCCCC2)cc1. The second-order valence-electron chi connectivity index (χ2n) is 6.58. The van der Waals surface area contributed by atoms with Crippen LogP contribution in [0.5, 0.6) is 0 Å².